The molecule has 150 valence electrons. The zero-order valence-electron chi connectivity index (χ0n) is 15.9. The van der Waals surface area contributed by atoms with E-state index in [1.165, 1.54) is 16.3 Å². The van der Waals surface area contributed by atoms with Crippen LogP contribution in [0.3, 0.4) is 0 Å². The minimum absolute atomic E-state index is 0.0326. The van der Waals surface area contributed by atoms with Gasteiger partial charge in [-0.15, -0.1) is 11.3 Å². The summed E-state index contributed by atoms with van der Waals surface area (Å²) < 4.78 is 0. The third-order valence-corrected chi connectivity index (χ3v) is 5.86. The average Bonchev–Trinajstić information content (AvgIpc) is 3.18. The lowest BCUT2D eigenvalue weighted by molar-refractivity contribution is -0.117. The number of carbonyl (C=O) groups excluding carboxylic acids is 3. The number of nitrogens with zero attached hydrogens (tertiary/aromatic N) is 2. The molecule has 8 heteroatoms. The predicted octanol–water partition coefficient (Wildman–Crippen LogP) is 3.45. The lowest BCUT2D eigenvalue weighted by Gasteiger charge is -2.26. The molecular weight excluding hydrogens is 404 g/mol. The maximum atomic E-state index is 13.0. The van der Waals surface area contributed by atoms with Crippen molar-refractivity contribution in [1.82, 2.24) is 0 Å². The third-order valence-electron chi connectivity index (χ3n) is 4.88. The second-order valence-electron chi connectivity index (χ2n) is 6.71. The molecular formula is C22H16N2O5S. The molecule has 2 aromatic carbocycles. The SMILES string of the molecule is CN(C(=O)c1cccc(N2C(=O)Cc3scc(C(=O)O)c3C2=O)c1)c1ccccc1. The van der Waals surface area contributed by atoms with Gasteiger partial charge in [0.1, 0.15) is 0 Å². The Morgan fingerprint density at radius 2 is 1.80 bits per heavy atom. The first-order chi connectivity index (χ1) is 14.4. The number of hydrogen-bond acceptors (Lipinski definition) is 5. The van der Waals surface area contributed by atoms with Gasteiger partial charge in [0, 0.05) is 28.6 Å². The molecule has 1 aliphatic heterocycles. The van der Waals surface area contributed by atoms with Crippen molar-refractivity contribution in [2.45, 2.75) is 6.42 Å². The standard InChI is InChI=1S/C22H16N2O5S/c1-23(14-7-3-2-4-8-14)20(26)13-6-5-9-15(10-13)24-18(25)11-17-19(21(24)27)16(12-30-17)22(28)29/h2-10,12H,11H2,1H3,(H,28,29). The molecule has 0 fully saturated rings. The summed E-state index contributed by atoms with van der Waals surface area (Å²) in [4.78, 5) is 52.9. The van der Waals surface area contributed by atoms with Gasteiger partial charge in [0.05, 0.1) is 23.2 Å². The molecule has 0 unspecified atom stereocenters. The number of thiophene rings is 1. The van der Waals surface area contributed by atoms with Gasteiger partial charge in [0.15, 0.2) is 0 Å². The number of para-hydroxylation sites is 1. The van der Waals surface area contributed by atoms with Crippen LogP contribution in [0.4, 0.5) is 11.4 Å². The highest BCUT2D eigenvalue weighted by Crippen LogP contribution is 2.32. The van der Waals surface area contributed by atoms with Crippen molar-refractivity contribution >= 4 is 46.4 Å². The molecule has 0 saturated heterocycles. The predicted molar refractivity (Wildman–Crippen MR) is 112 cm³/mol. The quantitative estimate of drug-likeness (QED) is 0.653. The van der Waals surface area contributed by atoms with Crippen molar-refractivity contribution in [3.8, 4) is 0 Å². The van der Waals surface area contributed by atoms with Crippen molar-refractivity contribution in [3.63, 3.8) is 0 Å². The monoisotopic (exact) mass is 420 g/mol. The number of carbonyl (C=O) groups is 4. The summed E-state index contributed by atoms with van der Waals surface area (Å²) in [6.45, 7) is 0. The molecule has 4 rings (SSSR count). The highest BCUT2D eigenvalue weighted by molar-refractivity contribution is 7.11. The van der Waals surface area contributed by atoms with Crippen LogP contribution in [-0.4, -0.2) is 35.8 Å². The first-order valence-corrected chi connectivity index (χ1v) is 9.90. The number of aromatic carboxylic acids is 1. The van der Waals surface area contributed by atoms with E-state index in [0.29, 0.717) is 16.1 Å². The van der Waals surface area contributed by atoms with Crippen LogP contribution < -0.4 is 9.80 Å². The lowest BCUT2D eigenvalue weighted by Crippen LogP contribution is -2.42. The largest absolute Gasteiger partial charge is 0.478 e. The Balaban J connectivity index is 1.69. The van der Waals surface area contributed by atoms with Gasteiger partial charge in [0.25, 0.3) is 11.8 Å². The van der Waals surface area contributed by atoms with E-state index < -0.39 is 17.8 Å². The minimum atomic E-state index is -1.22. The highest BCUT2D eigenvalue weighted by atomic mass is 32.1. The van der Waals surface area contributed by atoms with Crippen LogP contribution in [0.15, 0.2) is 60.0 Å². The number of carboxylic acids is 1. The van der Waals surface area contributed by atoms with Gasteiger partial charge in [-0.2, -0.15) is 0 Å². The van der Waals surface area contributed by atoms with Gasteiger partial charge >= 0.3 is 5.97 Å². The maximum absolute atomic E-state index is 13.0. The van der Waals surface area contributed by atoms with E-state index in [-0.39, 0.29) is 29.1 Å². The zero-order valence-corrected chi connectivity index (χ0v) is 16.7. The second kappa shape index (κ2) is 7.57. The molecule has 3 aromatic rings. The Morgan fingerprint density at radius 1 is 1.07 bits per heavy atom. The van der Waals surface area contributed by atoms with Crippen LogP contribution in [0, 0.1) is 0 Å². The van der Waals surface area contributed by atoms with Gasteiger partial charge in [-0.1, -0.05) is 24.3 Å². The first-order valence-electron chi connectivity index (χ1n) is 9.02. The topological polar surface area (TPSA) is 95.0 Å². The second-order valence-corrected chi connectivity index (χ2v) is 7.68. The number of benzene rings is 2. The van der Waals surface area contributed by atoms with E-state index in [9.17, 15) is 24.3 Å². The van der Waals surface area contributed by atoms with Crippen molar-refractivity contribution in [3.05, 3.63) is 81.5 Å². The molecule has 3 amide bonds. The fraction of sp³-hybridized carbons (Fsp3) is 0.0909. The van der Waals surface area contributed by atoms with E-state index in [1.807, 2.05) is 18.2 Å². The number of hydrogen-bond donors (Lipinski definition) is 1. The highest BCUT2D eigenvalue weighted by Gasteiger charge is 2.37. The Labute approximate surface area is 175 Å². The fourth-order valence-corrected chi connectivity index (χ4v) is 4.36. The molecule has 0 saturated carbocycles. The molecule has 1 N–H and O–H groups in total. The van der Waals surface area contributed by atoms with E-state index in [0.717, 1.165) is 16.2 Å². The van der Waals surface area contributed by atoms with Crippen molar-refractivity contribution in [1.29, 1.82) is 0 Å². The van der Waals surface area contributed by atoms with Crippen molar-refractivity contribution in [2.24, 2.45) is 0 Å². The fourth-order valence-electron chi connectivity index (χ4n) is 3.36. The van der Waals surface area contributed by atoms with Crippen LogP contribution in [0.1, 0.15) is 36.0 Å². The Bertz CT molecular complexity index is 1190. The van der Waals surface area contributed by atoms with E-state index >= 15 is 0 Å². The molecule has 1 aliphatic rings. The summed E-state index contributed by atoms with van der Waals surface area (Å²) in [5.41, 5.74) is 1.14. The van der Waals surface area contributed by atoms with Crippen molar-refractivity contribution < 1.29 is 24.3 Å². The summed E-state index contributed by atoms with van der Waals surface area (Å²) in [7, 11) is 1.64. The van der Waals surface area contributed by atoms with E-state index in [1.54, 1.807) is 37.4 Å². The number of rotatable bonds is 4. The summed E-state index contributed by atoms with van der Waals surface area (Å²) in [6.07, 6.45) is -0.0683. The smallest absolute Gasteiger partial charge is 0.337 e. The van der Waals surface area contributed by atoms with Gasteiger partial charge < -0.3 is 10.0 Å². The van der Waals surface area contributed by atoms with Crippen LogP contribution in [0.2, 0.25) is 0 Å². The maximum Gasteiger partial charge on any atom is 0.337 e. The number of fused-ring (bicyclic) bond motifs is 1. The average molecular weight is 420 g/mol. The van der Waals surface area contributed by atoms with Gasteiger partial charge in [-0.3, -0.25) is 14.4 Å². The summed E-state index contributed by atoms with van der Waals surface area (Å²) >= 11 is 1.08. The van der Waals surface area contributed by atoms with E-state index in [4.69, 9.17) is 0 Å². The number of amides is 3. The summed E-state index contributed by atoms with van der Waals surface area (Å²) in [6, 6.07) is 15.3. The van der Waals surface area contributed by atoms with Crippen molar-refractivity contribution in [2.75, 3.05) is 16.8 Å². The normalized spacial score (nSPS) is 13.2. The van der Waals surface area contributed by atoms with E-state index in [2.05, 4.69) is 0 Å². The zero-order chi connectivity index (χ0) is 21.4. The summed E-state index contributed by atoms with van der Waals surface area (Å²) in [5.74, 6) is -2.68. The lowest BCUT2D eigenvalue weighted by atomic mass is 10.0. The molecule has 1 aromatic heterocycles. The molecule has 30 heavy (non-hydrogen) atoms. The van der Waals surface area contributed by atoms with Crippen LogP contribution in [-0.2, 0) is 11.2 Å². The van der Waals surface area contributed by atoms with Crippen LogP contribution in [0.25, 0.3) is 0 Å². The van der Waals surface area contributed by atoms with Crippen LogP contribution >= 0.6 is 11.3 Å². The summed E-state index contributed by atoms with van der Waals surface area (Å²) in [5, 5.41) is 10.7. The van der Waals surface area contributed by atoms with Crippen LogP contribution in [0.5, 0.6) is 0 Å². The minimum Gasteiger partial charge on any atom is -0.478 e. The molecule has 0 aliphatic carbocycles. The molecule has 0 atom stereocenters. The first kappa shape index (κ1) is 19.5. The van der Waals surface area contributed by atoms with Gasteiger partial charge in [-0.05, 0) is 30.3 Å². The number of imide groups is 1. The molecule has 7 nitrogen and oxygen atoms in total. The molecule has 0 radical (unpaired) electrons. The molecule has 0 bridgehead atoms. The molecule has 0 spiro atoms. The Hall–Kier alpha value is -3.78. The molecule has 2 heterocycles. The number of carboxylic acid groups (broad SMARTS) is 1. The Kier molecular flexibility index (Phi) is 4.93. The Morgan fingerprint density at radius 3 is 2.50 bits per heavy atom. The third kappa shape index (κ3) is 3.27. The van der Waals surface area contributed by atoms with Gasteiger partial charge in [-0.25, -0.2) is 9.69 Å². The number of anilines is 2. The van der Waals surface area contributed by atoms with Gasteiger partial charge in [0.2, 0.25) is 5.91 Å².